The Morgan fingerprint density at radius 1 is 0.947 bits per heavy atom. The van der Waals surface area contributed by atoms with Crippen molar-refractivity contribution in [3.05, 3.63) is 71.3 Å². The zero-order chi connectivity index (χ0) is 13.7. The Labute approximate surface area is 110 Å². The number of aliphatic hydroxyl groups excluding tert-OH is 1. The molecule has 4 heteroatoms. The molecule has 1 unspecified atom stereocenters. The van der Waals surface area contributed by atoms with Crippen molar-refractivity contribution >= 4 is 0 Å². The van der Waals surface area contributed by atoms with Crippen molar-refractivity contribution in [2.45, 2.75) is 12.6 Å². The number of aliphatic hydroxyl groups is 1. The first-order chi connectivity index (χ1) is 9.18. The Kier molecular flexibility index (Phi) is 4.60. The lowest BCUT2D eigenvalue weighted by Crippen LogP contribution is -2.22. The van der Waals surface area contributed by atoms with Gasteiger partial charge in [-0.3, -0.25) is 0 Å². The van der Waals surface area contributed by atoms with Crippen LogP contribution in [0.15, 0.2) is 48.5 Å². The maximum atomic E-state index is 13.4. The normalized spacial score (nSPS) is 12.4. The molecule has 0 aliphatic carbocycles. The van der Waals surface area contributed by atoms with Crippen LogP contribution in [0.3, 0.4) is 0 Å². The van der Waals surface area contributed by atoms with Crippen LogP contribution in [0.5, 0.6) is 0 Å². The lowest BCUT2D eigenvalue weighted by molar-refractivity contribution is 0.174. The molecule has 2 aromatic carbocycles. The summed E-state index contributed by atoms with van der Waals surface area (Å²) in [6.07, 6.45) is -0.698. The molecule has 0 bridgehead atoms. The van der Waals surface area contributed by atoms with E-state index in [1.165, 1.54) is 18.2 Å². The van der Waals surface area contributed by atoms with Crippen LogP contribution in [0.4, 0.5) is 8.78 Å². The third kappa shape index (κ3) is 3.59. The van der Waals surface area contributed by atoms with Crippen LogP contribution >= 0.6 is 0 Å². The fourth-order valence-electron chi connectivity index (χ4n) is 1.83. The Morgan fingerprint density at radius 3 is 2.21 bits per heavy atom. The number of hydrogen-bond donors (Lipinski definition) is 2. The van der Waals surface area contributed by atoms with E-state index in [-0.39, 0.29) is 18.7 Å². The molecule has 0 heterocycles. The van der Waals surface area contributed by atoms with Crippen molar-refractivity contribution in [1.29, 1.82) is 0 Å². The topological polar surface area (TPSA) is 32.3 Å². The second kappa shape index (κ2) is 6.41. The fraction of sp³-hybridized carbons (Fsp3) is 0.200. The van der Waals surface area contributed by atoms with Gasteiger partial charge in [-0.1, -0.05) is 36.4 Å². The van der Waals surface area contributed by atoms with Gasteiger partial charge in [0.05, 0.1) is 6.10 Å². The van der Waals surface area contributed by atoms with E-state index in [1.54, 1.807) is 12.1 Å². The van der Waals surface area contributed by atoms with Crippen LogP contribution in [0.25, 0.3) is 0 Å². The smallest absolute Gasteiger partial charge is 0.130 e. The van der Waals surface area contributed by atoms with Gasteiger partial charge in [-0.15, -0.1) is 0 Å². The highest BCUT2D eigenvalue weighted by atomic mass is 19.1. The first kappa shape index (κ1) is 13.6. The molecule has 19 heavy (non-hydrogen) atoms. The van der Waals surface area contributed by atoms with Crippen LogP contribution in [0.2, 0.25) is 0 Å². The lowest BCUT2D eigenvalue weighted by atomic mass is 10.1. The molecule has 0 aliphatic heterocycles. The second-order valence-electron chi connectivity index (χ2n) is 4.26. The molecule has 0 aromatic heterocycles. The van der Waals surface area contributed by atoms with E-state index in [1.807, 2.05) is 18.2 Å². The van der Waals surface area contributed by atoms with Crippen molar-refractivity contribution in [3.8, 4) is 0 Å². The second-order valence-corrected chi connectivity index (χ2v) is 4.26. The summed E-state index contributed by atoms with van der Waals surface area (Å²) in [4.78, 5) is 0. The average molecular weight is 263 g/mol. The molecule has 0 fully saturated rings. The first-order valence-electron chi connectivity index (χ1n) is 6.05. The highest BCUT2D eigenvalue weighted by Crippen LogP contribution is 2.13. The molecule has 2 rings (SSSR count). The molecule has 2 aromatic rings. The number of rotatable bonds is 5. The van der Waals surface area contributed by atoms with Gasteiger partial charge in [0.2, 0.25) is 0 Å². The minimum absolute atomic E-state index is 0.0113. The molecule has 2 N–H and O–H groups in total. The highest BCUT2D eigenvalue weighted by molar-refractivity contribution is 5.20. The number of benzene rings is 2. The SMILES string of the molecule is OC(CNCc1c(F)cccc1F)c1ccccc1. The summed E-state index contributed by atoms with van der Waals surface area (Å²) >= 11 is 0. The van der Waals surface area contributed by atoms with Crippen LogP contribution in [-0.2, 0) is 6.54 Å². The quantitative estimate of drug-likeness (QED) is 0.869. The summed E-state index contributed by atoms with van der Waals surface area (Å²) in [6.45, 7) is 0.278. The number of hydrogen-bond acceptors (Lipinski definition) is 2. The van der Waals surface area contributed by atoms with Crippen molar-refractivity contribution in [2.24, 2.45) is 0 Å². The molecule has 2 nitrogen and oxygen atoms in total. The van der Waals surface area contributed by atoms with Gasteiger partial charge in [0.15, 0.2) is 0 Å². The van der Waals surface area contributed by atoms with Gasteiger partial charge in [-0.25, -0.2) is 8.78 Å². The van der Waals surface area contributed by atoms with E-state index in [0.29, 0.717) is 0 Å². The minimum Gasteiger partial charge on any atom is -0.387 e. The fourth-order valence-corrected chi connectivity index (χ4v) is 1.83. The van der Waals surface area contributed by atoms with Crippen molar-refractivity contribution in [3.63, 3.8) is 0 Å². The predicted molar refractivity (Wildman–Crippen MR) is 69.5 cm³/mol. The molecule has 0 aliphatic rings. The zero-order valence-electron chi connectivity index (χ0n) is 10.3. The minimum atomic E-state index is -0.698. The zero-order valence-corrected chi connectivity index (χ0v) is 10.3. The maximum absolute atomic E-state index is 13.4. The molecule has 100 valence electrons. The molecular weight excluding hydrogens is 248 g/mol. The van der Waals surface area contributed by atoms with Crippen molar-refractivity contribution < 1.29 is 13.9 Å². The largest absolute Gasteiger partial charge is 0.387 e. The Balaban J connectivity index is 1.90. The molecule has 0 saturated heterocycles. The summed E-state index contributed by atoms with van der Waals surface area (Å²) in [6, 6.07) is 12.9. The van der Waals surface area contributed by atoms with E-state index >= 15 is 0 Å². The summed E-state index contributed by atoms with van der Waals surface area (Å²) in [5.74, 6) is -1.16. The summed E-state index contributed by atoms with van der Waals surface area (Å²) < 4.78 is 26.7. The standard InChI is InChI=1S/C15H15F2NO/c16-13-7-4-8-14(17)12(13)9-18-10-15(19)11-5-2-1-3-6-11/h1-8,15,18-19H,9-10H2. The summed E-state index contributed by atoms with van der Waals surface area (Å²) in [5, 5.41) is 12.7. The number of halogens is 2. The Morgan fingerprint density at radius 2 is 1.58 bits per heavy atom. The van der Waals surface area contributed by atoms with Gasteiger partial charge in [0, 0.05) is 18.7 Å². The molecular formula is C15H15F2NO. The van der Waals surface area contributed by atoms with Gasteiger partial charge in [-0.05, 0) is 17.7 Å². The van der Waals surface area contributed by atoms with E-state index in [2.05, 4.69) is 5.32 Å². The van der Waals surface area contributed by atoms with Crippen LogP contribution in [0.1, 0.15) is 17.2 Å². The van der Waals surface area contributed by atoms with E-state index < -0.39 is 17.7 Å². The van der Waals surface area contributed by atoms with Crippen LogP contribution in [0, 0.1) is 11.6 Å². The van der Waals surface area contributed by atoms with Gasteiger partial charge >= 0.3 is 0 Å². The lowest BCUT2D eigenvalue weighted by Gasteiger charge is -2.12. The predicted octanol–water partition coefficient (Wildman–Crippen LogP) is 2.79. The monoisotopic (exact) mass is 263 g/mol. The number of nitrogens with one attached hydrogen (secondary N) is 1. The Bertz CT molecular complexity index is 511. The molecule has 0 spiro atoms. The van der Waals surface area contributed by atoms with Crippen molar-refractivity contribution in [2.75, 3.05) is 6.54 Å². The maximum Gasteiger partial charge on any atom is 0.130 e. The summed E-state index contributed by atoms with van der Waals surface area (Å²) in [7, 11) is 0. The van der Waals surface area contributed by atoms with Gasteiger partial charge in [-0.2, -0.15) is 0 Å². The van der Waals surface area contributed by atoms with E-state index in [4.69, 9.17) is 0 Å². The molecule has 1 atom stereocenters. The third-order valence-electron chi connectivity index (χ3n) is 2.89. The van der Waals surface area contributed by atoms with Crippen molar-refractivity contribution in [1.82, 2.24) is 5.32 Å². The van der Waals surface area contributed by atoms with Crippen LogP contribution in [-0.4, -0.2) is 11.7 Å². The summed E-state index contributed by atoms with van der Waals surface area (Å²) in [5.41, 5.74) is 0.756. The average Bonchev–Trinajstić information content (AvgIpc) is 2.43. The molecule has 0 saturated carbocycles. The molecule has 0 amide bonds. The van der Waals surface area contributed by atoms with Gasteiger partial charge in [0.1, 0.15) is 11.6 Å². The van der Waals surface area contributed by atoms with E-state index in [9.17, 15) is 13.9 Å². The third-order valence-corrected chi connectivity index (χ3v) is 2.89. The van der Waals surface area contributed by atoms with Crippen LogP contribution < -0.4 is 5.32 Å². The Hall–Kier alpha value is -1.78. The van der Waals surface area contributed by atoms with Gasteiger partial charge < -0.3 is 10.4 Å². The molecule has 0 radical (unpaired) electrons. The first-order valence-corrected chi connectivity index (χ1v) is 6.05. The van der Waals surface area contributed by atoms with E-state index in [0.717, 1.165) is 5.56 Å². The van der Waals surface area contributed by atoms with Gasteiger partial charge in [0.25, 0.3) is 0 Å². The highest BCUT2D eigenvalue weighted by Gasteiger charge is 2.10.